The van der Waals surface area contributed by atoms with Crippen LogP contribution in [0.3, 0.4) is 0 Å². The summed E-state index contributed by atoms with van der Waals surface area (Å²) in [4.78, 5) is 15.8. The number of alkyl halides is 1. The number of nitrogens with two attached hydrogens (primary N) is 1. The van der Waals surface area contributed by atoms with Gasteiger partial charge in [-0.1, -0.05) is 0 Å². The van der Waals surface area contributed by atoms with Gasteiger partial charge in [0.2, 0.25) is 0 Å². The maximum absolute atomic E-state index is 17.3. The zero-order chi connectivity index (χ0) is 32.7. The average Bonchev–Trinajstić information content (AvgIpc) is 3.72. The first-order valence-electron chi connectivity index (χ1n) is 15.8. The van der Waals surface area contributed by atoms with Gasteiger partial charge in [0, 0.05) is 65.5 Å². The Morgan fingerprint density at radius 3 is 2.60 bits per heavy atom. The van der Waals surface area contributed by atoms with Crippen molar-refractivity contribution >= 4 is 43.1 Å². The van der Waals surface area contributed by atoms with Gasteiger partial charge in [0.15, 0.2) is 5.82 Å². The Morgan fingerprint density at radius 2 is 1.89 bits per heavy atom. The van der Waals surface area contributed by atoms with Crippen LogP contribution in [0.25, 0.3) is 32.1 Å². The summed E-state index contributed by atoms with van der Waals surface area (Å²) in [5.74, 6) is -0.930. The number of anilines is 2. The Balaban J connectivity index is 1.32. The number of benzene rings is 2. The number of nitrogens with zero attached hydrogens (tertiary/aromatic N) is 6. The fraction of sp³-hybridized carbons (Fsp3) is 0.485. The Bertz CT molecular complexity index is 1950. The van der Waals surface area contributed by atoms with Gasteiger partial charge in [-0.3, -0.25) is 9.80 Å². The van der Waals surface area contributed by atoms with Crippen molar-refractivity contribution in [1.82, 2.24) is 19.8 Å². The highest BCUT2D eigenvalue weighted by Crippen LogP contribution is 2.49. The van der Waals surface area contributed by atoms with E-state index in [1.165, 1.54) is 6.07 Å². The number of aliphatic hydroxyl groups is 1. The molecule has 14 heteroatoms. The molecule has 10 nitrogen and oxygen atoms in total. The number of likely N-dealkylation sites (tertiary alicyclic amines) is 1. The van der Waals surface area contributed by atoms with Gasteiger partial charge >= 0.3 is 6.01 Å². The fourth-order valence-corrected chi connectivity index (χ4v) is 8.92. The minimum absolute atomic E-state index is 0.0132. The lowest BCUT2D eigenvalue weighted by atomic mass is 9.85. The number of halogens is 3. The van der Waals surface area contributed by atoms with E-state index in [0.29, 0.717) is 59.6 Å². The summed E-state index contributed by atoms with van der Waals surface area (Å²) < 4.78 is 59.9. The number of rotatable bonds is 7. The minimum atomic E-state index is -0.962. The van der Waals surface area contributed by atoms with Gasteiger partial charge < -0.3 is 25.2 Å². The highest BCUT2D eigenvalue weighted by Gasteiger charge is 2.47. The lowest BCUT2D eigenvalue weighted by Crippen LogP contribution is -2.69. The Morgan fingerprint density at radius 1 is 1.13 bits per heavy atom. The molecule has 3 N–H and O–H groups in total. The van der Waals surface area contributed by atoms with E-state index < -0.39 is 23.9 Å². The van der Waals surface area contributed by atoms with Gasteiger partial charge in [0.25, 0.3) is 0 Å². The SMILES string of the molecule is C[C@@H](O)CN1CC2CC(C1)N2c1nc(OC[C@@H]2C[C@@H](F)CN2C)nc2c(F)c(-c3c(F)ccc4sc(N)c(C#N)c34)c3c(c12)COC3. The molecule has 0 spiro atoms. The first-order valence-corrected chi connectivity index (χ1v) is 16.6. The van der Waals surface area contributed by atoms with Crippen LogP contribution >= 0.6 is 11.3 Å². The van der Waals surface area contributed by atoms with Crippen molar-refractivity contribution in [2.45, 2.75) is 63.4 Å². The number of likely N-dealkylation sites (N-methyl/N-ethyl adjacent to an activating group) is 1. The van der Waals surface area contributed by atoms with Crippen molar-refractivity contribution in [3.63, 3.8) is 0 Å². The number of ether oxygens (including phenoxy) is 2. The molecule has 4 fully saturated rings. The third-order valence-electron chi connectivity index (χ3n) is 10.0. The number of thiophene rings is 1. The van der Waals surface area contributed by atoms with E-state index in [1.807, 2.05) is 11.9 Å². The molecule has 4 saturated heterocycles. The molecule has 5 aliphatic rings. The Hall–Kier alpha value is -3.74. The second-order valence-electron chi connectivity index (χ2n) is 13.2. The van der Waals surface area contributed by atoms with Crippen LogP contribution in [0.2, 0.25) is 0 Å². The van der Waals surface area contributed by atoms with Crippen molar-refractivity contribution in [2.75, 3.05) is 50.5 Å². The molecule has 2 aromatic carbocycles. The van der Waals surface area contributed by atoms with E-state index in [2.05, 4.69) is 20.9 Å². The number of hydrogen-bond acceptors (Lipinski definition) is 11. The van der Waals surface area contributed by atoms with Gasteiger partial charge in [-0.05, 0) is 50.1 Å². The first kappa shape index (κ1) is 30.6. The number of nitriles is 1. The largest absolute Gasteiger partial charge is 0.462 e. The van der Waals surface area contributed by atoms with E-state index in [-0.39, 0.29) is 76.6 Å². The molecule has 0 aliphatic carbocycles. The van der Waals surface area contributed by atoms with Crippen LogP contribution in [-0.2, 0) is 18.0 Å². The third-order valence-corrected chi connectivity index (χ3v) is 11.0. The predicted molar refractivity (Wildman–Crippen MR) is 172 cm³/mol. The van der Waals surface area contributed by atoms with Crippen LogP contribution in [0.5, 0.6) is 6.01 Å². The van der Waals surface area contributed by atoms with Crippen molar-refractivity contribution in [2.24, 2.45) is 0 Å². The van der Waals surface area contributed by atoms with E-state index in [4.69, 9.17) is 20.2 Å². The normalized spacial score (nSPS) is 24.9. The number of fused-ring (bicyclic) bond motifs is 6. The summed E-state index contributed by atoms with van der Waals surface area (Å²) in [5, 5.41) is 20.9. The quantitative estimate of drug-likeness (QED) is 0.295. The number of aliphatic hydroxyl groups excluding tert-OH is 1. The van der Waals surface area contributed by atoms with E-state index in [0.717, 1.165) is 17.8 Å². The van der Waals surface area contributed by atoms with Gasteiger partial charge in [-0.25, -0.2) is 13.2 Å². The molecule has 246 valence electrons. The summed E-state index contributed by atoms with van der Waals surface area (Å²) in [6.07, 6.45) is -0.192. The van der Waals surface area contributed by atoms with Crippen LogP contribution in [-0.4, -0.2) is 95.1 Å². The first-order chi connectivity index (χ1) is 22.6. The number of piperazine rings is 1. The number of hydrogen-bond donors (Lipinski definition) is 2. The van der Waals surface area contributed by atoms with Gasteiger partial charge in [-0.15, -0.1) is 11.3 Å². The smallest absolute Gasteiger partial charge is 0.319 e. The van der Waals surface area contributed by atoms with E-state index in [1.54, 1.807) is 13.0 Å². The summed E-state index contributed by atoms with van der Waals surface area (Å²) in [7, 11) is 1.83. The van der Waals surface area contributed by atoms with Crippen LogP contribution in [0, 0.1) is 23.0 Å². The predicted octanol–water partition coefficient (Wildman–Crippen LogP) is 4.34. The number of nitrogen functional groups attached to an aromatic ring is 1. The van der Waals surface area contributed by atoms with E-state index >= 15 is 8.78 Å². The zero-order valence-corrected chi connectivity index (χ0v) is 26.8. The molecule has 47 heavy (non-hydrogen) atoms. The average molecular weight is 666 g/mol. The molecule has 0 saturated carbocycles. The lowest BCUT2D eigenvalue weighted by molar-refractivity contribution is 0.0652. The molecule has 0 amide bonds. The monoisotopic (exact) mass is 665 g/mol. The van der Waals surface area contributed by atoms with Crippen molar-refractivity contribution in [3.8, 4) is 23.2 Å². The summed E-state index contributed by atoms with van der Waals surface area (Å²) in [6.45, 7) is 4.34. The van der Waals surface area contributed by atoms with Gasteiger partial charge in [-0.2, -0.15) is 15.2 Å². The summed E-state index contributed by atoms with van der Waals surface area (Å²) in [5.41, 5.74) is 7.30. The van der Waals surface area contributed by atoms with Crippen LogP contribution in [0.1, 0.15) is 36.5 Å². The van der Waals surface area contributed by atoms with Crippen LogP contribution < -0.4 is 15.4 Å². The maximum atomic E-state index is 17.3. The summed E-state index contributed by atoms with van der Waals surface area (Å²) in [6, 6.07) is 4.79. The molecule has 2 unspecified atom stereocenters. The molecular weight excluding hydrogens is 631 g/mol. The standard InChI is InChI=1S/C33H34F3N7O3S/c1-15(44)8-42-10-17-6-18(11-42)43(17)32-27-22-14-45-13-21(22)26(28-23(35)3-4-24-25(28)20(7-37)31(38)47-24)29(36)30(27)39-33(40-32)46-12-19-5-16(34)9-41(19)2/h3-4,15-19,44H,5-6,8-14,38H2,1-2H3/t15-,16-,17?,18?,19+/m1/s1. The van der Waals surface area contributed by atoms with Crippen molar-refractivity contribution in [3.05, 3.63) is 40.5 Å². The molecule has 5 atom stereocenters. The third kappa shape index (κ3) is 4.90. The van der Waals surface area contributed by atoms with Crippen LogP contribution in [0.15, 0.2) is 12.1 Å². The molecule has 7 heterocycles. The molecule has 9 rings (SSSR count). The topological polar surface area (TPSA) is 124 Å². The summed E-state index contributed by atoms with van der Waals surface area (Å²) >= 11 is 1.15. The maximum Gasteiger partial charge on any atom is 0.319 e. The van der Waals surface area contributed by atoms with Crippen LogP contribution in [0.4, 0.5) is 24.0 Å². The minimum Gasteiger partial charge on any atom is -0.462 e. The molecule has 4 aromatic rings. The fourth-order valence-electron chi connectivity index (χ4n) is 7.99. The lowest BCUT2D eigenvalue weighted by Gasteiger charge is -2.57. The number of piperidine rings is 1. The second kappa shape index (κ2) is 11.5. The second-order valence-corrected chi connectivity index (χ2v) is 14.3. The van der Waals surface area contributed by atoms with Crippen molar-refractivity contribution < 1.29 is 27.8 Å². The molecule has 5 aliphatic heterocycles. The van der Waals surface area contributed by atoms with Crippen molar-refractivity contribution in [1.29, 1.82) is 5.26 Å². The highest BCUT2D eigenvalue weighted by molar-refractivity contribution is 7.23. The number of aromatic nitrogens is 2. The zero-order valence-electron chi connectivity index (χ0n) is 26.0. The van der Waals surface area contributed by atoms with E-state index in [9.17, 15) is 14.8 Å². The Kier molecular flexibility index (Phi) is 7.45. The molecule has 2 aromatic heterocycles. The Labute approximate surface area is 273 Å². The molecule has 2 bridgehead atoms. The molecule has 0 radical (unpaired) electrons. The van der Waals surface area contributed by atoms with Gasteiger partial charge in [0.1, 0.15) is 41.0 Å². The molecular formula is C33H34F3N7O3S. The highest BCUT2D eigenvalue weighted by atomic mass is 32.1. The van der Waals surface area contributed by atoms with Gasteiger partial charge in [0.05, 0.1) is 30.3 Å².